The van der Waals surface area contributed by atoms with Gasteiger partial charge in [0.1, 0.15) is 6.10 Å². The van der Waals surface area contributed by atoms with Crippen molar-refractivity contribution in [2.24, 2.45) is 0 Å². The van der Waals surface area contributed by atoms with Crippen LogP contribution in [0.5, 0.6) is 0 Å². The van der Waals surface area contributed by atoms with Gasteiger partial charge in [0.15, 0.2) is 0 Å². The lowest BCUT2D eigenvalue weighted by Gasteiger charge is -2.17. The number of rotatable bonds is 2. The van der Waals surface area contributed by atoms with Crippen molar-refractivity contribution in [3.05, 3.63) is 63.9 Å². The number of aromatic nitrogens is 1. The van der Waals surface area contributed by atoms with Crippen LogP contribution in [-0.4, -0.2) is 10.1 Å². The number of hydrogen-bond acceptors (Lipinski definition) is 2. The molecule has 19 heavy (non-hydrogen) atoms. The highest BCUT2D eigenvalue weighted by atomic mass is 79.9. The van der Waals surface area contributed by atoms with E-state index < -0.39 is 17.8 Å². The number of nitrogens with zero attached hydrogens (tertiary/aromatic N) is 1. The van der Waals surface area contributed by atoms with E-state index in [1.165, 1.54) is 30.5 Å². The van der Waals surface area contributed by atoms with Crippen LogP contribution in [0.1, 0.15) is 22.9 Å². The summed E-state index contributed by atoms with van der Waals surface area (Å²) >= 11 is 3.17. The van der Waals surface area contributed by atoms with Crippen LogP contribution < -0.4 is 0 Å². The molecule has 0 saturated carbocycles. The van der Waals surface area contributed by atoms with Crippen LogP contribution in [0.15, 0.2) is 47.1 Å². The third-order valence-electron chi connectivity index (χ3n) is 2.59. The molecular weight excluding hydrogens is 323 g/mol. The molecule has 0 spiro atoms. The second-order valence-electron chi connectivity index (χ2n) is 3.89. The summed E-state index contributed by atoms with van der Waals surface area (Å²) in [5, 5.41) is 10.0. The molecule has 2 nitrogen and oxygen atoms in total. The predicted octanol–water partition coefficient (Wildman–Crippen LogP) is 3.94. The molecular formula is C13H9BrF3NO. The lowest BCUT2D eigenvalue weighted by atomic mass is 9.99. The number of alkyl halides is 3. The van der Waals surface area contributed by atoms with E-state index in [1.54, 1.807) is 6.07 Å². The number of halogens is 4. The van der Waals surface area contributed by atoms with Crippen LogP contribution in [0.25, 0.3) is 0 Å². The normalized spacial score (nSPS) is 13.3. The van der Waals surface area contributed by atoms with E-state index >= 15 is 0 Å². The standard InChI is InChI=1S/C13H9BrF3NO/c14-8-5-6-11(18-7-8)12(19)9-3-1-2-4-10(9)13(15,16)17/h1-7,12,19H. The largest absolute Gasteiger partial charge is 0.416 e. The Morgan fingerprint density at radius 2 is 1.79 bits per heavy atom. The molecule has 0 aliphatic rings. The van der Waals surface area contributed by atoms with Crippen molar-refractivity contribution in [1.29, 1.82) is 0 Å². The molecule has 1 aromatic carbocycles. The van der Waals surface area contributed by atoms with Gasteiger partial charge in [-0.1, -0.05) is 18.2 Å². The molecule has 6 heteroatoms. The molecule has 0 amide bonds. The van der Waals surface area contributed by atoms with Crippen LogP contribution in [0.3, 0.4) is 0 Å². The fourth-order valence-corrected chi connectivity index (χ4v) is 1.94. The van der Waals surface area contributed by atoms with Crippen molar-refractivity contribution < 1.29 is 18.3 Å². The Bertz CT molecular complexity index is 569. The first-order valence-corrected chi connectivity index (χ1v) is 6.14. The first-order chi connectivity index (χ1) is 8.89. The second-order valence-corrected chi connectivity index (χ2v) is 4.80. The fourth-order valence-electron chi connectivity index (χ4n) is 1.70. The molecule has 1 aromatic heterocycles. The summed E-state index contributed by atoms with van der Waals surface area (Å²) in [5.74, 6) is 0. The van der Waals surface area contributed by atoms with Gasteiger partial charge in [-0.3, -0.25) is 4.98 Å². The Labute approximate surface area is 116 Å². The molecule has 0 bridgehead atoms. The van der Waals surface area contributed by atoms with E-state index in [9.17, 15) is 18.3 Å². The number of hydrogen-bond donors (Lipinski definition) is 1. The third kappa shape index (κ3) is 3.13. The zero-order valence-electron chi connectivity index (χ0n) is 9.53. The Kier molecular flexibility index (Phi) is 3.91. The summed E-state index contributed by atoms with van der Waals surface area (Å²) in [7, 11) is 0. The summed E-state index contributed by atoms with van der Waals surface area (Å²) in [6.07, 6.45) is -4.49. The van der Waals surface area contributed by atoms with Gasteiger partial charge in [0, 0.05) is 10.7 Å². The van der Waals surface area contributed by atoms with Crippen molar-refractivity contribution in [3.63, 3.8) is 0 Å². The third-order valence-corrected chi connectivity index (χ3v) is 3.06. The molecule has 0 fully saturated rings. The van der Waals surface area contributed by atoms with E-state index in [2.05, 4.69) is 20.9 Å². The average Bonchev–Trinajstić information content (AvgIpc) is 2.38. The molecule has 0 aliphatic carbocycles. The maximum absolute atomic E-state index is 12.8. The van der Waals surface area contributed by atoms with E-state index in [-0.39, 0.29) is 11.3 Å². The average molecular weight is 332 g/mol. The van der Waals surface area contributed by atoms with Crippen LogP contribution >= 0.6 is 15.9 Å². The summed E-state index contributed by atoms with van der Waals surface area (Å²) in [4.78, 5) is 3.91. The number of pyridine rings is 1. The first-order valence-electron chi connectivity index (χ1n) is 5.35. The van der Waals surface area contributed by atoms with Crippen molar-refractivity contribution in [3.8, 4) is 0 Å². The summed E-state index contributed by atoms with van der Waals surface area (Å²) in [5.41, 5.74) is -0.892. The van der Waals surface area contributed by atoms with Gasteiger partial charge >= 0.3 is 6.18 Å². The minimum atomic E-state index is -4.51. The Balaban J connectivity index is 2.44. The Morgan fingerprint density at radius 3 is 2.37 bits per heavy atom. The van der Waals surface area contributed by atoms with Gasteiger partial charge in [-0.25, -0.2) is 0 Å². The van der Waals surface area contributed by atoms with E-state index in [1.807, 2.05) is 0 Å². The predicted molar refractivity (Wildman–Crippen MR) is 67.4 cm³/mol. The van der Waals surface area contributed by atoms with Gasteiger partial charge in [-0.05, 0) is 39.7 Å². The van der Waals surface area contributed by atoms with Gasteiger partial charge in [0.05, 0.1) is 11.3 Å². The molecule has 0 radical (unpaired) electrons. The SMILES string of the molecule is OC(c1ccc(Br)cn1)c1ccccc1C(F)(F)F. The zero-order chi connectivity index (χ0) is 14.0. The second kappa shape index (κ2) is 5.30. The minimum Gasteiger partial charge on any atom is -0.382 e. The van der Waals surface area contributed by atoms with Gasteiger partial charge < -0.3 is 5.11 Å². The smallest absolute Gasteiger partial charge is 0.382 e. The number of aliphatic hydroxyl groups is 1. The van der Waals surface area contributed by atoms with Crippen LogP contribution in [0.4, 0.5) is 13.2 Å². The summed E-state index contributed by atoms with van der Waals surface area (Å²) in [6.45, 7) is 0. The number of benzene rings is 1. The van der Waals surface area contributed by atoms with Gasteiger partial charge in [0.25, 0.3) is 0 Å². The number of aliphatic hydroxyl groups excluding tert-OH is 1. The Morgan fingerprint density at radius 1 is 1.11 bits per heavy atom. The van der Waals surface area contributed by atoms with Crippen LogP contribution in [0.2, 0.25) is 0 Å². The van der Waals surface area contributed by atoms with Crippen molar-refractivity contribution in [1.82, 2.24) is 4.98 Å². The fraction of sp³-hybridized carbons (Fsp3) is 0.154. The summed E-state index contributed by atoms with van der Waals surface area (Å²) in [6, 6.07) is 8.01. The van der Waals surface area contributed by atoms with E-state index in [0.717, 1.165) is 6.07 Å². The highest BCUT2D eigenvalue weighted by Gasteiger charge is 2.35. The maximum Gasteiger partial charge on any atom is 0.416 e. The zero-order valence-corrected chi connectivity index (χ0v) is 11.1. The molecule has 2 aromatic rings. The molecule has 1 N–H and O–H groups in total. The molecule has 1 heterocycles. The quantitative estimate of drug-likeness (QED) is 0.904. The van der Waals surface area contributed by atoms with Gasteiger partial charge in [-0.15, -0.1) is 0 Å². The van der Waals surface area contributed by atoms with Crippen LogP contribution in [0, 0.1) is 0 Å². The topological polar surface area (TPSA) is 33.1 Å². The molecule has 0 saturated heterocycles. The minimum absolute atomic E-state index is 0.167. The first kappa shape index (κ1) is 14.0. The monoisotopic (exact) mass is 331 g/mol. The summed E-state index contributed by atoms with van der Waals surface area (Å²) < 4.78 is 39.2. The Hall–Kier alpha value is -1.40. The van der Waals surface area contributed by atoms with Gasteiger partial charge in [0.2, 0.25) is 0 Å². The van der Waals surface area contributed by atoms with Crippen molar-refractivity contribution >= 4 is 15.9 Å². The molecule has 2 rings (SSSR count). The van der Waals surface area contributed by atoms with Gasteiger partial charge in [-0.2, -0.15) is 13.2 Å². The molecule has 0 aliphatic heterocycles. The van der Waals surface area contributed by atoms with Crippen molar-refractivity contribution in [2.45, 2.75) is 12.3 Å². The highest BCUT2D eigenvalue weighted by Crippen LogP contribution is 2.36. The van der Waals surface area contributed by atoms with Crippen molar-refractivity contribution in [2.75, 3.05) is 0 Å². The lowest BCUT2D eigenvalue weighted by molar-refractivity contribution is -0.139. The maximum atomic E-state index is 12.8. The highest BCUT2D eigenvalue weighted by molar-refractivity contribution is 9.10. The molecule has 100 valence electrons. The van der Waals surface area contributed by atoms with Crippen LogP contribution in [-0.2, 0) is 6.18 Å². The van der Waals surface area contributed by atoms with E-state index in [0.29, 0.717) is 4.47 Å². The molecule has 1 atom stereocenters. The molecule has 1 unspecified atom stereocenters. The van der Waals surface area contributed by atoms with E-state index in [4.69, 9.17) is 0 Å². The lowest BCUT2D eigenvalue weighted by Crippen LogP contribution is -2.13.